The Balaban J connectivity index is 1.84. The molecule has 36 heavy (non-hydrogen) atoms. The average molecular weight is 611 g/mol. The summed E-state index contributed by atoms with van der Waals surface area (Å²) in [4.78, 5) is 0. The topological polar surface area (TPSA) is 0 Å². The number of benzene rings is 3. The van der Waals surface area contributed by atoms with Crippen LogP contribution in [0.5, 0.6) is 0 Å². The number of hydrogen-bond donors (Lipinski definition) is 0. The van der Waals surface area contributed by atoms with Gasteiger partial charge in [0.2, 0.25) is 0 Å². The third kappa shape index (κ3) is 5.56. The summed E-state index contributed by atoms with van der Waals surface area (Å²) in [5.74, 6) is 0. The normalized spacial score (nSPS) is 13.6. The summed E-state index contributed by atoms with van der Waals surface area (Å²) in [7, 11) is 0. The minimum Gasteiger partial charge on any atom is -0.0654 e. The fourth-order valence-corrected chi connectivity index (χ4v) is 6.63. The molecule has 0 radical (unpaired) electrons. The molecule has 3 aromatic carbocycles. The Morgan fingerprint density at radius 2 is 1.03 bits per heavy atom. The van der Waals surface area contributed by atoms with Crippen LogP contribution < -0.4 is 0 Å². The van der Waals surface area contributed by atoms with Crippen molar-refractivity contribution < 1.29 is 0 Å². The minimum atomic E-state index is -0.172. The van der Waals surface area contributed by atoms with E-state index in [1.165, 1.54) is 123 Å². The van der Waals surface area contributed by atoms with Crippen LogP contribution in [0.3, 0.4) is 0 Å². The molecule has 0 atom stereocenters. The summed E-state index contributed by atoms with van der Waals surface area (Å²) in [6.07, 6.45) is 12.8. The van der Waals surface area contributed by atoms with E-state index in [0.717, 1.165) is 0 Å². The van der Waals surface area contributed by atoms with E-state index in [1.54, 1.807) is 0 Å². The fraction of sp³-hybridized carbons (Fsp3) is 0.471. The molecule has 0 N–H and O–H groups in total. The maximum atomic E-state index is 3.86. The lowest BCUT2D eigenvalue weighted by molar-refractivity contribution is 0.656. The van der Waals surface area contributed by atoms with Crippen molar-refractivity contribution in [2.45, 2.75) is 104 Å². The van der Waals surface area contributed by atoms with Crippen LogP contribution >= 0.6 is 31.9 Å². The van der Waals surface area contributed by atoms with Crippen LogP contribution in [0.4, 0.5) is 0 Å². The Labute approximate surface area is 236 Å². The van der Waals surface area contributed by atoms with Crippen molar-refractivity contribution >= 4 is 31.9 Å². The third-order valence-corrected chi connectivity index (χ3v) is 9.94. The van der Waals surface area contributed by atoms with Crippen molar-refractivity contribution in [3.05, 3.63) is 90.4 Å². The van der Waals surface area contributed by atoms with E-state index in [1.807, 2.05) is 0 Å². The van der Waals surface area contributed by atoms with Gasteiger partial charge in [0, 0.05) is 14.4 Å². The van der Waals surface area contributed by atoms with Crippen molar-refractivity contribution in [1.29, 1.82) is 0 Å². The number of rotatable bonds is 11. The van der Waals surface area contributed by atoms with Crippen LogP contribution in [0.15, 0.2) is 51.4 Å². The Bertz CT molecular complexity index is 1130. The first-order chi connectivity index (χ1) is 17.3. The monoisotopic (exact) mass is 608 g/mol. The van der Waals surface area contributed by atoms with Crippen LogP contribution in [-0.4, -0.2) is 0 Å². The van der Waals surface area contributed by atoms with Crippen LogP contribution in [0.2, 0.25) is 0 Å². The summed E-state index contributed by atoms with van der Waals surface area (Å²) < 4.78 is 2.40. The molecule has 0 nitrogen and oxygen atoms in total. The predicted octanol–water partition coefficient (Wildman–Crippen LogP) is 11.4. The van der Waals surface area contributed by atoms with Gasteiger partial charge in [-0.1, -0.05) is 102 Å². The molecule has 0 aromatic heterocycles. The molecule has 0 aliphatic heterocycles. The van der Waals surface area contributed by atoms with Gasteiger partial charge >= 0.3 is 0 Å². The largest absolute Gasteiger partial charge is 0.0654 e. The number of halogens is 2. The summed E-state index contributed by atoms with van der Waals surface area (Å²) in [6.45, 7) is 11.5. The zero-order chi connectivity index (χ0) is 25.9. The summed E-state index contributed by atoms with van der Waals surface area (Å²) in [5, 5.41) is 0. The SMILES string of the molecule is CCCCCCc1cc(CCCCCC)cc(C2(C)c3cc(Br)c(C)cc3-c3cc(C)c(Br)cc32)c1. The van der Waals surface area contributed by atoms with Crippen molar-refractivity contribution in [3.63, 3.8) is 0 Å². The van der Waals surface area contributed by atoms with Crippen molar-refractivity contribution in [2.75, 3.05) is 0 Å². The first-order valence-corrected chi connectivity index (χ1v) is 15.6. The number of aryl methyl sites for hydroxylation is 4. The lowest BCUT2D eigenvalue weighted by Gasteiger charge is -2.30. The molecule has 3 aromatic rings. The molecule has 4 rings (SSSR count). The highest BCUT2D eigenvalue weighted by molar-refractivity contribution is 9.10. The molecule has 0 bridgehead atoms. The van der Waals surface area contributed by atoms with Gasteiger partial charge in [0.25, 0.3) is 0 Å². The minimum absolute atomic E-state index is 0.172. The highest BCUT2D eigenvalue weighted by atomic mass is 79.9. The van der Waals surface area contributed by atoms with Crippen molar-refractivity contribution in [1.82, 2.24) is 0 Å². The maximum absolute atomic E-state index is 3.86. The van der Waals surface area contributed by atoms with Crippen LogP contribution in [-0.2, 0) is 18.3 Å². The van der Waals surface area contributed by atoms with Gasteiger partial charge in [-0.25, -0.2) is 0 Å². The fourth-order valence-electron chi connectivity index (χ4n) is 5.94. The Kier molecular flexibility index (Phi) is 9.21. The molecule has 1 aliphatic rings. The van der Waals surface area contributed by atoms with Gasteiger partial charge < -0.3 is 0 Å². The Hall–Kier alpha value is -1.38. The van der Waals surface area contributed by atoms with Gasteiger partial charge in [-0.3, -0.25) is 0 Å². The standard InChI is InChI=1S/C34H42Br2/c1-6-8-10-12-14-25-18-26(15-13-11-9-7-2)20-27(19-25)34(5)30-21-32(35)23(3)16-28(30)29-17-24(4)33(36)22-31(29)34/h16-22H,6-15H2,1-5H3. The van der Waals surface area contributed by atoms with E-state index in [-0.39, 0.29) is 5.41 Å². The highest BCUT2D eigenvalue weighted by Gasteiger charge is 2.42. The second-order valence-corrected chi connectivity index (χ2v) is 12.8. The average Bonchev–Trinajstić information content (AvgIpc) is 3.08. The van der Waals surface area contributed by atoms with Crippen LogP contribution in [0.1, 0.15) is 111 Å². The quantitative estimate of drug-likeness (QED) is 0.190. The van der Waals surface area contributed by atoms with E-state index < -0.39 is 0 Å². The Morgan fingerprint density at radius 3 is 1.44 bits per heavy atom. The van der Waals surface area contributed by atoms with Gasteiger partial charge in [0.1, 0.15) is 0 Å². The van der Waals surface area contributed by atoms with E-state index in [9.17, 15) is 0 Å². The highest BCUT2D eigenvalue weighted by Crippen LogP contribution is 2.54. The van der Waals surface area contributed by atoms with E-state index in [0.29, 0.717) is 0 Å². The number of fused-ring (bicyclic) bond motifs is 3. The lowest BCUT2D eigenvalue weighted by Crippen LogP contribution is -2.23. The van der Waals surface area contributed by atoms with Crippen LogP contribution in [0.25, 0.3) is 11.1 Å². The first kappa shape index (κ1) is 27.6. The molecule has 0 heterocycles. The lowest BCUT2D eigenvalue weighted by atomic mass is 9.73. The first-order valence-electron chi connectivity index (χ1n) is 14.0. The van der Waals surface area contributed by atoms with Crippen molar-refractivity contribution in [2.24, 2.45) is 0 Å². The van der Waals surface area contributed by atoms with Gasteiger partial charge in [0.15, 0.2) is 0 Å². The van der Waals surface area contributed by atoms with E-state index in [4.69, 9.17) is 0 Å². The smallest absolute Gasteiger partial charge is 0.0436 e. The van der Waals surface area contributed by atoms with Crippen molar-refractivity contribution in [3.8, 4) is 11.1 Å². The molecular formula is C34H42Br2. The second-order valence-electron chi connectivity index (χ2n) is 11.1. The second kappa shape index (κ2) is 12.0. The summed E-state index contributed by atoms with van der Waals surface area (Å²) >= 11 is 7.73. The number of hydrogen-bond acceptors (Lipinski definition) is 0. The third-order valence-electron chi connectivity index (χ3n) is 8.23. The molecule has 0 spiro atoms. The molecule has 0 saturated carbocycles. The molecule has 192 valence electrons. The van der Waals surface area contributed by atoms with Gasteiger partial charge in [0.05, 0.1) is 0 Å². The van der Waals surface area contributed by atoms with Gasteiger partial charge in [-0.2, -0.15) is 0 Å². The van der Waals surface area contributed by atoms with E-state index >= 15 is 0 Å². The molecule has 0 unspecified atom stereocenters. The molecule has 2 heteroatoms. The predicted molar refractivity (Wildman–Crippen MR) is 164 cm³/mol. The van der Waals surface area contributed by atoms with E-state index in [2.05, 4.69) is 109 Å². The molecule has 0 amide bonds. The zero-order valence-electron chi connectivity index (χ0n) is 22.9. The molecule has 1 aliphatic carbocycles. The Morgan fingerprint density at radius 1 is 0.583 bits per heavy atom. The number of unbranched alkanes of at least 4 members (excludes halogenated alkanes) is 6. The van der Waals surface area contributed by atoms with Gasteiger partial charge in [-0.05, 0) is 121 Å². The summed E-state index contributed by atoms with van der Waals surface area (Å²) in [5.41, 5.74) is 12.5. The molecule has 0 fully saturated rings. The van der Waals surface area contributed by atoms with Crippen LogP contribution in [0, 0.1) is 13.8 Å². The maximum Gasteiger partial charge on any atom is 0.0436 e. The summed E-state index contributed by atoms with van der Waals surface area (Å²) in [6, 6.07) is 17.1. The molecular weight excluding hydrogens is 568 g/mol. The van der Waals surface area contributed by atoms with Gasteiger partial charge in [-0.15, -0.1) is 0 Å². The molecule has 0 saturated heterocycles. The zero-order valence-corrected chi connectivity index (χ0v) is 26.0.